The normalized spacial score (nSPS) is 6.75. The molecule has 0 aliphatic rings. The summed E-state index contributed by atoms with van der Waals surface area (Å²) >= 11 is 0. The SMILES string of the molecule is C.CN(C)C.CNC. The molecule has 0 unspecified atom stereocenters. The molecular formula is C6H20N2. The molecule has 0 bridgehead atoms. The lowest BCUT2D eigenvalue weighted by molar-refractivity contribution is 0.505. The van der Waals surface area contributed by atoms with E-state index in [2.05, 4.69) is 5.32 Å². The van der Waals surface area contributed by atoms with Crippen LogP contribution >= 0.6 is 0 Å². The average molecular weight is 120 g/mol. The molecule has 0 rings (SSSR count). The zero-order valence-corrected chi connectivity index (χ0v) is 5.95. The van der Waals surface area contributed by atoms with E-state index in [9.17, 15) is 0 Å². The largest absolute Gasteiger partial charge is 0.323 e. The summed E-state index contributed by atoms with van der Waals surface area (Å²) in [5, 5.41) is 2.75. The highest BCUT2D eigenvalue weighted by Crippen LogP contribution is 1.47. The third kappa shape index (κ3) is 22400. The molecule has 8 heavy (non-hydrogen) atoms. The van der Waals surface area contributed by atoms with Crippen LogP contribution in [0.5, 0.6) is 0 Å². The molecule has 0 spiro atoms. The van der Waals surface area contributed by atoms with Crippen molar-refractivity contribution in [3.05, 3.63) is 0 Å². The lowest BCUT2D eigenvalue weighted by atomic mass is 11.0. The molecule has 0 aromatic heterocycles. The molecule has 0 aromatic carbocycles. The van der Waals surface area contributed by atoms with Crippen molar-refractivity contribution < 1.29 is 0 Å². The second kappa shape index (κ2) is 15.8. The van der Waals surface area contributed by atoms with Crippen LogP contribution in [0.25, 0.3) is 0 Å². The van der Waals surface area contributed by atoms with Crippen molar-refractivity contribution in [2.75, 3.05) is 35.2 Å². The van der Waals surface area contributed by atoms with Gasteiger partial charge in [0.15, 0.2) is 0 Å². The summed E-state index contributed by atoms with van der Waals surface area (Å²) in [6.45, 7) is 0. The molecule has 54 valence electrons. The Hall–Kier alpha value is -0.0800. The lowest BCUT2D eigenvalue weighted by Crippen LogP contribution is -1.99. The zero-order valence-electron chi connectivity index (χ0n) is 5.95. The Labute approximate surface area is 53.9 Å². The van der Waals surface area contributed by atoms with E-state index in [1.54, 1.807) is 0 Å². The summed E-state index contributed by atoms with van der Waals surface area (Å²) in [5.41, 5.74) is 0. The molecule has 2 nitrogen and oxygen atoms in total. The van der Waals surface area contributed by atoms with Crippen molar-refractivity contribution >= 4 is 0 Å². The van der Waals surface area contributed by atoms with E-state index >= 15 is 0 Å². The van der Waals surface area contributed by atoms with Gasteiger partial charge < -0.3 is 10.2 Å². The van der Waals surface area contributed by atoms with E-state index in [1.807, 2.05) is 40.1 Å². The highest BCUT2D eigenvalue weighted by molar-refractivity contribution is 4.09. The molecule has 2 heteroatoms. The first-order chi connectivity index (χ1) is 3.15. The molecule has 0 aliphatic heterocycles. The van der Waals surface area contributed by atoms with Gasteiger partial charge in [-0.25, -0.2) is 0 Å². The van der Waals surface area contributed by atoms with Crippen LogP contribution < -0.4 is 5.32 Å². The third-order valence-electron chi connectivity index (χ3n) is 0. The topological polar surface area (TPSA) is 15.3 Å². The zero-order chi connectivity index (χ0) is 6.28. The summed E-state index contributed by atoms with van der Waals surface area (Å²) in [7, 11) is 9.75. The van der Waals surface area contributed by atoms with E-state index < -0.39 is 0 Å². The first kappa shape index (κ1) is 15.7. The van der Waals surface area contributed by atoms with Gasteiger partial charge in [-0.05, 0) is 35.2 Å². The van der Waals surface area contributed by atoms with Gasteiger partial charge in [-0.15, -0.1) is 0 Å². The van der Waals surface area contributed by atoms with Crippen LogP contribution in [-0.2, 0) is 0 Å². The molecule has 0 aliphatic carbocycles. The highest BCUT2D eigenvalue weighted by atomic mass is 15.0. The van der Waals surface area contributed by atoms with E-state index in [0.29, 0.717) is 0 Å². The van der Waals surface area contributed by atoms with Crippen molar-refractivity contribution in [3.63, 3.8) is 0 Å². The molecule has 0 radical (unpaired) electrons. The fourth-order valence-corrected chi connectivity index (χ4v) is 0. The van der Waals surface area contributed by atoms with Crippen LogP contribution in [0.4, 0.5) is 0 Å². The Kier molecular flexibility index (Phi) is 30.9. The van der Waals surface area contributed by atoms with Crippen LogP contribution in [0.3, 0.4) is 0 Å². The van der Waals surface area contributed by atoms with Crippen LogP contribution in [0, 0.1) is 0 Å². The number of hydrogen-bond acceptors (Lipinski definition) is 2. The molecule has 0 saturated carbocycles. The monoisotopic (exact) mass is 120 g/mol. The molecule has 0 aromatic rings. The third-order valence-corrected chi connectivity index (χ3v) is 0. The van der Waals surface area contributed by atoms with Gasteiger partial charge in [0.1, 0.15) is 0 Å². The maximum absolute atomic E-state index is 2.75. The van der Waals surface area contributed by atoms with Gasteiger partial charge in [0.05, 0.1) is 0 Å². The second-order valence-corrected chi connectivity index (χ2v) is 1.84. The van der Waals surface area contributed by atoms with Crippen molar-refractivity contribution in [3.8, 4) is 0 Å². The molecule has 1 N–H and O–H groups in total. The van der Waals surface area contributed by atoms with Crippen LogP contribution in [0.2, 0.25) is 0 Å². The van der Waals surface area contributed by atoms with Gasteiger partial charge in [-0.1, -0.05) is 7.43 Å². The lowest BCUT2D eigenvalue weighted by Gasteiger charge is -1.90. The van der Waals surface area contributed by atoms with E-state index in [4.69, 9.17) is 0 Å². The van der Waals surface area contributed by atoms with Gasteiger partial charge in [0.2, 0.25) is 0 Å². The predicted molar refractivity (Wildman–Crippen MR) is 41.3 cm³/mol. The molecule has 0 fully saturated rings. The van der Waals surface area contributed by atoms with Crippen LogP contribution in [-0.4, -0.2) is 40.1 Å². The Balaban J connectivity index is -0.0000000575. The Morgan fingerprint density at radius 3 is 1.00 bits per heavy atom. The fourth-order valence-electron chi connectivity index (χ4n) is 0. The summed E-state index contributed by atoms with van der Waals surface area (Å²) in [5.74, 6) is 0. The quantitative estimate of drug-likeness (QED) is 0.505. The Morgan fingerprint density at radius 2 is 1.00 bits per heavy atom. The number of hydrogen-bond donors (Lipinski definition) is 1. The molecular weight excluding hydrogens is 100 g/mol. The standard InChI is InChI=1S/C3H9N.C2H7N.CH4/c1-4(2)3;1-3-2;/h1-3H3;3H,1-2H3;1H4. The van der Waals surface area contributed by atoms with Crippen molar-refractivity contribution in [2.45, 2.75) is 7.43 Å². The summed E-state index contributed by atoms with van der Waals surface area (Å²) in [6.07, 6.45) is 0. The minimum absolute atomic E-state index is 0. The summed E-state index contributed by atoms with van der Waals surface area (Å²) in [6, 6.07) is 0. The Bertz CT molecular complexity index is 17.7. The van der Waals surface area contributed by atoms with Crippen molar-refractivity contribution in [2.24, 2.45) is 0 Å². The van der Waals surface area contributed by atoms with Crippen LogP contribution in [0.1, 0.15) is 7.43 Å². The first-order valence-electron chi connectivity index (χ1n) is 2.34. The number of nitrogens with zero attached hydrogens (tertiary/aromatic N) is 1. The number of rotatable bonds is 0. The minimum atomic E-state index is 0. The van der Waals surface area contributed by atoms with E-state index in [-0.39, 0.29) is 7.43 Å². The summed E-state index contributed by atoms with van der Waals surface area (Å²) in [4.78, 5) is 2.00. The van der Waals surface area contributed by atoms with Crippen molar-refractivity contribution in [1.29, 1.82) is 0 Å². The second-order valence-electron chi connectivity index (χ2n) is 1.84. The maximum Gasteiger partial charge on any atom is -0.0140 e. The molecule has 0 saturated heterocycles. The predicted octanol–water partition coefficient (Wildman–Crippen LogP) is 0.649. The summed E-state index contributed by atoms with van der Waals surface area (Å²) < 4.78 is 0. The van der Waals surface area contributed by atoms with Gasteiger partial charge in [-0.3, -0.25) is 0 Å². The van der Waals surface area contributed by atoms with E-state index in [0.717, 1.165) is 0 Å². The van der Waals surface area contributed by atoms with Gasteiger partial charge in [0, 0.05) is 0 Å². The first-order valence-corrected chi connectivity index (χ1v) is 2.34. The number of nitrogens with one attached hydrogen (secondary N) is 1. The maximum atomic E-state index is 2.75. The highest BCUT2D eigenvalue weighted by Gasteiger charge is 1.58. The van der Waals surface area contributed by atoms with Crippen molar-refractivity contribution in [1.82, 2.24) is 10.2 Å². The molecule has 0 atom stereocenters. The van der Waals surface area contributed by atoms with Crippen LogP contribution in [0.15, 0.2) is 0 Å². The van der Waals surface area contributed by atoms with E-state index in [1.165, 1.54) is 0 Å². The Morgan fingerprint density at radius 1 is 1.00 bits per heavy atom. The van der Waals surface area contributed by atoms with Gasteiger partial charge in [-0.2, -0.15) is 0 Å². The molecule has 0 heterocycles. The fraction of sp³-hybridized carbons (Fsp3) is 1.00. The van der Waals surface area contributed by atoms with Gasteiger partial charge >= 0.3 is 0 Å². The smallest absolute Gasteiger partial charge is 0.0140 e. The molecule has 0 amide bonds. The van der Waals surface area contributed by atoms with Gasteiger partial charge in [0.25, 0.3) is 0 Å². The minimum Gasteiger partial charge on any atom is -0.323 e. The average Bonchev–Trinajstić information content (AvgIpc) is 1.33.